The Morgan fingerprint density at radius 1 is 0.783 bits per heavy atom. The van der Waals surface area contributed by atoms with Crippen LogP contribution in [0.25, 0.3) is 0 Å². The van der Waals surface area contributed by atoms with Crippen LogP contribution in [-0.4, -0.2) is 20.6 Å². The number of benzene rings is 2. The van der Waals surface area contributed by atoms with Crippen LogP contribution in [0, 0.1) is 0 Å². The molecule has 6 nitrogen and oxygen atoms in total. The maximum Gasteiger partial charge on any atom is 0.240 e. The lowest BCUT2D eigenvalue weighted by Gasteiger charge is -2.07. The predicted octanol–water partition coefficient (Wildman–Crippen LogP) is 3.76. The molecule has 0 atom stereocenters. The van der Waals surface area contributed by atoms with E-state index in [1.165, 1.54) is 36.4 Å². The molecular weight excluding hydrogens is 363 g/mol. The molecule has 0 unspecified atom stereocenters. The van der Waals surface area contributed by atoms with Gasteiger partial charge >= 0.3 is 0 Å². The van der Waals surface area contributed by atoms with E-state index in [9.17, 15) is 18.0 Å². The maximum atomic E-state index is 12.6. The summed E-state index contributed by atoms with van der Waals surface area (Å²) in [6, 6.07) is 7.40. The Balaban J connectivity index is 2.63. The molecule has 0 saturated carbocycles. The number of hydrogen-bond donors (Lipinski definition) is 0. The van der Waals surface area contributed by atoms with Gasteiger partial charge in [0.15, 0.2) is 0 Å². The molecule has 0 saturated heterocycles. The van der Waals surface area contributed by atoms with Crippen molar-refractivity contribution < 1.29 is 18.0 Å². The fraction of sp³-hybridized carbons (Fsp3) is 0. The summed E-state index contributed by atoms with van der Waals surface area (Å²) in [4.78, 5) is 27.1. The molecule has 0 aromatic heterocycles. The van der Waals surface area contributed by atoms with E-state index in [0.29, 0.717) is 0 Å². The van der Waals surface area contributed by atoms with Crippen LogP contribution in [0.2, 0.25) is 10.0 Å². The molecule has 0 aliphatic rings. The highest BCUT2D eigenvalue weighted by Gasteiger charge is 2.20. The van der Waals surface area contributed by atoms with E-state index in [0.717, 1.165) is 12.1 Å². The van der Waals surface area contributed by atoms with Crippen molar-refractivity contribution in [2.45, 2.75) is 9.79 Å². The van der Waals surface area contributed by atoms with Crippen LogP contribution in [0.4, 0.5) is 11.4 Å². The van der Waals surface area contributed by atoms with Crippen LogP contribution in [0.15, 0.2) is 56.2 Å². The minimum Gasteiger partial charge on any atom is -0.219 e. The normalized spacial score (nSPS) is 10.5. The van der Waals surface area contributed by atoms with Gasteiger partial charge in [0.2, 0.25) is 22.0 Å². The van der Waals surface area contributed by atoms with Gasteiger partial charge in [-0.15, -0.1) is 0 Å². The fourth-order valence-electron chi connectivity index (χ4n) is 1.73. The van der Waals surface area contributed by atoms with Crippen molar-refractivity contribution >= 4 is 56.6 Å². The molecule has 0 spiro atoms. The Kier molecular flexibility index (Phi) is 5.11. The molecule has 0 amide bonds. The Morgan fingerprint density at radius 2 is 1.17 bits per heavy atom. The van der Waals surface area contributed by atoms with Gasteiger partial charge in [-0.05, 0) is 36.4 Å². The first-order chi connectivity index (χ1) is 10.9. The first-order valence-electron chi connectivity index (χ1n) is 5.90. The van der Waals surface area contributed by atoms with E-state index in [4.69, 9.17) is 23.2 Å². The molecule has 23 heavy (non-hydrogen) atoms. The van der Waals surface area contributed by atoms with Crippen LogP contribution in [0.3, 0.4) is 0 Å². The van der Waals surface area contributed by atoms with Gasteiger partial charge < -0.3 is 0 Å². The van der Waals surface area contributed by atoms with Crippen LogP contribution in [0.1, 0.15) is 0 Å². The highest BCUT2D eigenvalue weighted by Crippen LogP contribution is 2.33. The molecule has 0 heterocycles. The van der Waals surface area contributed by atoms with Gasteiger partial charge in [0.05, 0.1) is 31.2 Å². The van der Waals surface area contributed by atoms with E-state index < -0.39 is 9.84 Å². The second-order valence-electron chi connectivity index (χ2n) is 4.14. The number of isocyanates is 2. The fourth-order valence-corrected chi connectivity index (χ4v) is 3.34. The summed E-state index contributed by atoms with van der Waals surface area (Å²) in [5.74, 6) is 0. The third-order valence-corrected chi connectivity index (χ3v) is 5.18. The number of rotatable bonds is 4. The lowest BCUT2D eigenvalue weighted by molar-refractivity contribution is 0.564. The lowest BCUT2D eigenvalue weighted by atomic mass is 10.3. The van der Waals surface area contributed by atoms with Crippen LogP contribution in [-0.2, 0) is 19.4 Å². The maximum absolute atomic E-state index is 12.6. The van der Waals surface area contributed by atoms with E-state index >= 15 is 0 Å². The molecule has 0 aliphatic carbocycles. The van der Waals surface area contributed by atoms with Gasteiger partial charge in [-0.1, -0.05) is 23.2 Å². The molecule has 0 fully saturated rings. The Labute approximate surface area is 141 Å². The number of carbonyl (C=O) groups excluding carboxylic acids is 2. The quantitative estimate of drug-likeness (QED) is 0.606. The van der Waals surface area contributed by atoms with E-state index in [1.807, 2.05) is 0 Å². The van der Waals surface area contributed by atoms with Gasteiger partial charge in [-0.2, -0.15) is 9.98 Å². The molecule has 0 N–H and O–H groups in total. The Bertz CT molecular complexity index is 903. The molecule has 2 aromatic carbocycles. The second kappa shape index (κ2) is 6.87. The largest absolute Gasteiger partial charge is 0.240 e. The van der Waals surface area contributed by atoms with Crippen molar-refractivity contribution in [2.24, 2.45) is 9.98 Å². The van der Waals surface area contributed by atoms with Gasteiger partial charge in [-0.25, -0.2) is 18.0 Å². The van der Waals surface area contributed by atoms with E-state index in [1.54, 1.807) is 0 Å². The number of sulfone groups is 1. The van der Waals surface area contributed by atoms with Gasteiger partial charge in [0.25, 0.3) is 0 Å². The SMILES string of the molecule is O=C=Nc1cc(S(=O)(=O)c2ccc(Cl)c(N=C=O)c2)ccc1Cl. The number of nitrogens with zero attached hydrogens (tertiary/aromatic N) is 2. The molecule has 2 aromatic rings. The predicted molar refractivity (Wildman–Crippen MR) is 83.9 cm³/mol. The summed E-state index contributed by atoms with van der Waals surface area (Å²) in [7, 11) is -3.95. The highest BCUT2D eigenvalue weighted by molar-refractivity contribution is 7.91. The summed E-state index contributed by atoms with van der Waals surface area (Å²) < 4.78 is 25.2. The van der Waals surface area contributed by atoms with Crippen molar-refractivity contribution in [3.63, 3.8) is 0 Å². The number of aliphatic imine (C=N–C) groups is 2. The van der Waals surface area contributed by atoms with Crippen molar-refractivity contribution in [1.82, 2.24) is 0 Å². The summed E-state index contributed by atoms with van der Waals surface area (Å²) in [5.41, 5.74) is -0.0503. The zero-order chi connectivity index (χ0) is 17.0. The molecule has 0 bridgehead atoms. The third-order valence-electron chi connectivity index (χ3n) is 2.79. The van der Waals surface area contributed by atoms with Crippen LogP contribution >= 0.6 is 23.2 Å². The molecule has 2 rings (SSSR count). The number of halogens is 2. The smallest absolute Gasteiger partial charge is 0.219 e. The van der Waals surface area contributed by atoms with Crippen molar-refractivity contribution in [1.29, 1.82) is 0 Å². The second-order valence-corrected chi connectivity index (χ2v) is 6.90. The topological polar surface area (TPSA) is 93.0 Å². The monoisotopic (exact) mass is 368 g/mol. The summed E-state index contributed by atoms with van der Waals surface area (Å²) in [6.07, 6.45) is 2.59. The third kappa shape index (κ3) is 3.56. The van der Waals surface area contributed by atoms with Crippen molar-refractivity contribution in [2.75, 3.05) is 0 Å². The van der Waals surface area contributed by atoms with E-state index in [2.05, 4.69) is 9.98 Å². The van der Waals surface area contributed by atoms with Crippen LogP contribution < -0.4 is 0 Å². The standard InChI is InChI=1S/C14H6Cl2N2O4S/c15-11-3-1-9(5-13(11)17-7-19)23(21,22)10-2-4-12(16)14(6-10)18-8-20/h1-6H. The first-order valence-corrected chi connectivity index (χ1v) is 8.14. The highest BCUT2D eigenvalue weighted by atomic mass is 35.5. The van der Waals surface area contributed by atoms with Crippen molar-refractivity contribution in [3.8, 4) is 0 Å². The average molecular weight is 369 g/mol. The summed E-state index contributed by atoms with van der Waals surface area (Å²) in [5, 5.41) is 0.212. The van der Waals surface area contributed by atoms with Gasteiger partial charge in [0.1, 0.15) is 0 Å². The number of hydrogen-bond acceptors (Lipinski definition) is 6. The molecule has 0 aliphatic heterocycles. The van der Waals surface area contributed by atoms with Crippen LogP contribution in [0.5, 0.6) is 0 Å². The first kappa shape index (κ1) is 17.1. The lowest BCUT2D eigenvalue weighted by Crippen LogP contribution is -2.01. The average Bonchev–Trinajstić information content (AvgIpc) is 2.51. The Hall–Kier alpha value is -2.27. The Morgan fingerprint density at radius 3 is 1.52 bits per heavy atom. The molecule has 116 valence electrons. The van der Waals surface area contributed by atoms with Crippen molar-refractivity contribution in [3.05, 3.63) is 46.4 Å². The summed E-state index contributed by atoms with van der Waals surface area (Å²) in [6.45, 7) is 0. The van der Waals surface area contributed by atoms with Gasteiger partial charge in [0, 0.05) is 0 Å². The summed E-state index contributed by atoms with van der Waals surface area (Å²) >= 11 is 11.6. The van der Waals surface area contributed by atoms with E-state index in [-0.39, 0.29) is 31.2 Å². The zero-order valence-corrected chi connectivity index (χ0v) is 13.5. The zero-order valence-electron chi connectivity index (χ0n) is 11.2. The molecule has 0 radical (unpaired) electrons. The molecular formula is C14H6Cl2N2O4S. The minimum absolute atomic E-state index is 0.0251. The molecule has 9 heteroatoms. The van der Waals surface area contributed by atoms with Gasteiger partial charge in [-0.3, -0.25) is 0 Å². The minimum atomic E-state index is -3.95.